The fraction of sp³-hybridized carbons (Fsp3) is 0.222. The summed E-state index contributed by atoms with van der Waals surface area (Å²) in [6.45, 7) is 3.45. The predicted molar refractivity (Wildman–Crippen MR) is 94.7 cm³/mol. The number of benzene rings is 2. The number of carbonyl (C=O) groups is 2. The number of hydrogen-bond donors (Lipinski definition) is 2. The number of rotatable bonds is 6. The monoisotopic (exact) mass is 362 g/mol. The summed E-state index contributed by atoms with van der Waals surface area (Å²) in [4.78, 5) is 24.6. The Kier molecular flexibility index (Phi) is 6.82. The largest absolute Gasteiger partial charge is 0.478 e. The molecular weight excluding hydrogens is 343 g/mol. The summed E-state index contributed by atoms with van der Waals surface area (Å²) in [5.74, 6) is -1.34. The first kappa shape index (κ1) is 18.8. The molecule has 0 unspecified atom stereocenters. The molecule has 2 rings (SSSR count). The Balaban J connectivity index is 1.74. The third-order valence-corrected chi connectivity index (χ3v) is 4.24. The van der Waals surface area contributed by atoms with E-state index in [1.54, 1.807) is 6.07 Å². The lowest BCUT2D eigenvalue weighted by Crippen LogP contribution is -2.47. The first-order valence-electron chi connectivity index (χ1n) is 7.65. The van der Waals surface area contributed by atoms with Gasteiger partial charge in [0.15, 0.2) is 17.7 Å². The van der Waals surface area contributed by atoms with E-state index in [2.05, 4.69) is 10.9 Å². The van der Waals surface area contributed by atoms with E-state index in [0.717, 1.165) is 10.5 Å². The van der Waals surface area contributed by atoms with E-state index in [4.69, 9.17) is 4.74 Å². The minimum absolute atomic E-state index is 0.0218. The van der Waals surface area contributed by atoms with Crippen molar-refractivity contribution in [1.82, 2.24) is 10.9 Å². The van der Waals surface area contributed by atoms with Gasteiger partial charge in [0.2, 0.25) is 5.91 Å². The maximum atomic E-state index is 13.5. The van der Waals surface area contributed by atoms with Crippen molar-refractivity contribution < 1.29 is 18.7 Å². The van der Waals surface area contributed by atoms with Crippen molar-refractivity contribution in [3.8, 4) is 5.75 Å². The van der Waals surface area contributed by atoms with Gasteiger partial charge in [0.25, 0.3) is 5.91 Å². The quantitative estimate of drug-likeness (QED) is 0.613. The fourth-order valence-corrected chi connectivity index (χ4v) is 2.54. The molecule has 0 heterocycles. The molecule has 0 saturated heterocycles. The number of hydrogen-bond acceptors (Lipinski definition) is 4. The number of carbonyl (C=O) groups excluding carboxylic acids is 2. The van der Waals surface area contributed by atoms with Crippen LogP contribution in [0.5, 0.6) is 5.75 Å². The molecule has 0 spiro atoms. The van der Waals surface area contributed by atoms with Gasteiger partial charge in [-0.25, -0.2) is 4.39 Å². The van der Waals surface area contributed by atoms with Crippen molar-refractivity contribution in [3.05, 3.63) is 59.9 Å². The second-order valence-corrected chi connectivity index (χ2v) is 6.38. The molecular formula is C18H19FN2O3S. The molecule has 2 N–H and O–H groups in total. The van der Waals surface area contributed by atoms with Crippen LogP contribution in [0.15, 0.2) is 53.4 Å². The van der Waals surface area contributed by atoms with E-state index >= 15 is 0 Å². The minimum Gasteiger partial charge on any atom is -0.478 e. The van der Waals surface area contributed by atoms with Gasteiger partial charge >= 0.3 is 0 Å². The topological polar surface area (TPSA) is 67.4 Å². The molecule has 0 fully saturated rings. The average molecular weight is 362 g/mol. The van der Waals surface area contributed by atoms with Crippen LogP contribution in [0.3, 0.4) is 0 Å². The van der Waals surface area contributed by atoms with Gasteiger partial charge in [0, 0.05) is 4.90 Å². The molecule has 2 amide bonds. The molecule has 5 nitrogen and oxygen atoms in total. The Morgan fingerprint density at radius 1 is 1.12 bits per heavy atom. The molecule has 2 aromatic carbocycles. The Labute approximate surface area is 149 Å². The van der Waals surface area contributed by atoms with E-state index < -0.39 is 17.8 Å². The summed E-state index contributed by atoms with van der Waals surface area (Å²) < 4.78 is 18.7. The lowest BCUT2D eigenvalue weighted by Gasteiger charge is -2.15. The molecule has 25 heavy (non-hydrogen) atoms. The normalized spacial score (nSPS) is 11.5. The smallest absolute Gasteiger partial charge is 0.279 e. The summed E-state index contributed by atoms with van der Waals surface area (Å²) >= 11 is 1.36. The van der Waals surface area contributed by atoms with Crippen molar-refractivity contribution in [1.29, 1.82) is 0 Å². The zero-order chi connectivity index (χ0) is 18.2. The summed E-state index contributed by atoms with van der Waals surface area (Å²) in [6.07, 6.45) is -0.957. The summed E-state index contributed by atoms with van der Waals surface area (Å²) in [6, 6.07) is 13.6. The van der Waals surface area contributed by atoms with E-state index in [0.29, 0.717) is 0 Å². The number of amides is 2. The number of aryl methyl sites for hydroxylation is 1. The number of nitrogens with one attached hydrogen (secondary N) is 2. The van der Waals surface area contributed by atoms with Gasteiger partial charge in [-0.3, -0.25) is 20.4 Å². The zero-order valence-corrected chi connectivity index (χ0v) is 14.7. The van der Waals surface area contributed by atoms with Crippen LogP contribution < -0.4 is 15.6 Å². The highest BCUT2D eigenvalue weighted by Gasteiger charge is 2.17. The van der Waals surface area contributed by atoms with Crippen molar-refractivity contribution >= 4 is 23.6 Å². The summed E-state index contributed by atoms with van der Waals surface area (Å²) in [5.41, 5.74) is 5.72. The molecule has 0 aromatic heterocycles. The highest BCUT2D eigenvalue weighted by molar-refractivity contribution is 8.00. The number of para-hydroxylation sites is 1. The SMILES string of the molecule is Cc1ccc(SCC(=O)NNC(=O)[C@H](C)Oc2ccccc2F)cc1. The highest BCUT2D eigenvalue weighted by Crippen LogP contribution is 2.18. The average Bonchev–Trinajstić information content (AvgIpc) is 2.61. The van der Waals surface area contributed by atoms with Crippen LogP contribution in [-0.2, 0) is 9.59 Å². The van der Waals surface area contributed by atoms with Crippen LogP contribution in [0.25, 0.3) is 0 Å². The Hall–Kier alpha value is -2.54. The first-order chi connectivity index (χ1) is 12.0. The van der Waals surface area contributed by atoms with Gasteiger partial charge in [-0.05, 0) is 38.1 Å². The van der Waals surface area contributed by atoms with Crippen LogP contribution in [0.4, 0.5) is 4.39 Å². The lowest BCUT2D eigenvalue weighted by atomic mass is 10.2. The fourth-order valence-electron chi connectivity index (χ4n) is 1.84. The zero-order valence-electron chi connectivity index (χ0n) is 13.9. The van der Waals surface area contributed by atoms with Crippen LogP contribution in [0.2, 0.25) is 0 Å². The summed E-state index contributed by atoms with van der Waals surface area (Å²) in [5, 5.41) is 0. The Morgan fingerprint density at radius 3 is 2.48 bits per heavy atom. The van der Waals surface area contributed by atoms with E-state index in [9.17, 15) is 14.0 Å². The van der Waals surface area contributed by atoms with E-state index in [-0.39, 0.29) is 17.4 Å². The molecule has 0 bridgehead atoms. The second kappa shape index (κ2) is 9.08. The third kappa shape index (κ3) is 6.11. The maximum absolute atomic E-state index is 13.5. The van der Waals surface area contributed by atoms with Crippen LogP contribution in [-0.4, -0.2) is 23.7 Å². The molecule has 7 heteroatoms. The standard InChI is InChI=1S/C18H19FN2O3S/c1-12-7-9-14(10-8-12)25-11-17(22)20-21-18(23)13(2)24-16-6-4-3-5-15(16)19/h3-10,13H,11H2,1-2H3,(H,20,22)(H,21,23)/t13-/m0/s1. The highest BCUT2D eigenvalue weighted by atomic mass is 32.2. The van der Waals surface area contributed by atoms with Crippen molar-refractivity contribution in [2.45, 2.75) is 24.8 Å². The van der Waals surface area contributed by atoms with Crippen LogP contribution in [0, 0.1) is 12.7 Å². The van der Waals surface area contributed by atoms with Gasteiger partial charge in [-0.15, -0.1) is 11.8 Å². The lowest BCUT2D eigenvalue weighted by molar-refractivity contribution is -0.132. The van der Waals surface area contributed by atoms with Gasteiger partial charge in [-0.2, -0.15) is 0 Å². The number of halogens is 1. The van der Waals surface area contributed by atoms with Crippen molar-refractivity contribution in [3.63, 3.8) is 0 Å². The molecule has 0 saturated carbocycles. The Morgan fingerprint density at radius 2 is 1.80 bits per heavy atom. The summed E-state index contributed by atoms with van der Waals surface area (Å²) in [7, 11) is 0. The van der Waals surface area contributed by atoms with Crippen LogP contribution in [0.1, 0.15) is 12.5 Å². The molecule has 2 aromatic rings. The minimum atomic E-state index is -0.957. The third-order valence-electron chi connectivity index (χ3n) is 3.23. The second-order valence-electron chi connectivity index (χ2n) is 5.33. The molecule has 0 aliphatic rings. The molecule has 0 aliphatic carbocycles. The van der Waals surface area contributed by atoms with E-state index in [1.165, 1.54) is 36.9 Å². The van der Waals surface area contributed by atoms with Gasteiger partial charge in [0.1, 0.15) is 0 Å². The number of hydrazine groups is 1. The predicted octanol–water partition coefficient (Wildman–Crippen LogP) is 2.84. The van der Waals surface area contributed by atoms with Gasteiger partial charge in [-0.1, -0.05) is 29.8 Å². The first-order valence-corrected chi connectivity index (χ1v) is 8.63. The van der Waals surface area contributed by atoms with Crippen molar-refractivity contribution in [2.24, 2.45) is 0 Å². The van der Waals surface area contributed by atoms with Gasteiger partial charge < -0.3 is 4.74 Å². The maximum Gasteiger partial charge on any atom is 0.279 e. The van der Waals surface area contributed by atoms with Crippen molar-refractivity contribution in [2.75, 3.05) is 5.75 Å². The van der Waals surface area contributed by atoms with Crippen LogP contribution >= 0.6 is 11.8 Å². The molecule has 0 aliphatic heterocycles. The molecule has 0 radical (unpaired) electrons. The Bertz CT molecular complexity index is 737. The number of thioether (sulfide) groups is 1. The molecule has 1 atom stereocenters. The van der Waals surface area contributed by atoms with E-state index in [1.807, 2.05) is 31.2 Å². The number of ether oxygens (including phenoxy) is 1. The molecule has 132 valence electrons. The van der Waals surface area contributed by atoms with Gasteiger partial charge in [0.05, 0.1) is 5.75 Å².